The predicted molar refractivity (Wildman–Crippen MR) is 71.7 cm³/mol. The third-order valence-corrected chi connectivity index (χ3v) is 2.72. The van der Waals surface area contributed by atoms with Gasteiger partial charge in [-0.1, -0.05) is 17.3 Å². The van der Waals surface area contributed by atoms with E-state index in [9.17, 15) is 4.39 Å². The Balaban J connectivity index is 2.64. The van der Waals surface area contributed by atoms with Gasteiger partial charge >= 0.3 is 0 Å². The molecule has 0 saturated heterocycles. The first kappa shape index (κ1) is 15.4. The lowest BCUT2D eigenvalue weighted by molar-refractivity contribution is 0.120. The second kappa shape index (κ2) is 7.70. The lowest BCUT2D eigenvalue weighted by Gasteiger charge is -2.17. The van der Waals surface area contributed by atoms with E-state index in [1.165, 1.54) is 6.07 Å². The first-order valence-corrected chi connectivity index (χ1v) is 6.11. The molecule has 3 N–H and O–H groups in total. The molecule has 0 aliphatic carbocycles. The standard InChI is InChI=1S/C13H20FN3O2/c1-3-19-7-6-17(2)9-11-5-4-10(8-12(11)14)13(15)16-18/h4-5,8,18H,3,6-7,9H2,1-2H3,(H2,15,16). The van der Waals surface area contributed by atoms with Crippen LogP contribution >= 0.6 is 0 Å². The molecule has 0 unspecified atom stereocenters. The molecular formula is C13H20FN3O2. The van der Waals surface area contributed by atoms with Crippen LogP contribution in [0.25, 0.3) is 0 Å². The Hall–Kier alpha value is -1.66. The molecule has 6 heteroatoms. The van der Waals surface area contributed by atoms with Crippen LogP contribution in [0.3, 0.4) is 0 Å². The maximum Gasteiger partial charge on any atom is 0.170 e. The monoisotopic (exact) mass is 269 g/mol. The van der Waals surface area contributed by atoms with Crippen LogP contribution in [0.2, 0.25) is 0 Å². The maximum absolute atomic E-state index is 13.8. The zero-order valence-corrected chi connectivity index (χ0v) is 11.3. The average Bonchev–Trinajstić information content (AvgIpc) is 2.40. The Morgan fingerprint density at radius 3 is 2.84 bits per heavy atom. The Morgan fingerprint density at radius 2 is 2.26 bits per heavy atom. The summed E-state index contributed by atoms with van der Waals surface area (Å²) in [5.41, 5.74) is 6.33. The molecule has 1 rings (SSSR count). The molecule has 0 saturated carbocycles. The Labute approximate surface area is 112 Å². The first-order valence-electron chi connectivity index (χ1n) is 6.11. The highest BCUT2D eigenvalue weighted by Gasteiger charge is 2.08. The topological polar surface area (TPSA) is 71.1 Å². The number of benzene rings is 1. The zero-order chi connectivity index (χ0) is 14.3. The van der Waals surface area contributed by atoms with Crippen LogP contribution in [0.5, 0.6) is 0 Å². The SMILES string of the molecule is CCOCCN(C)Cc1ccc(/C(N)=N/O)cc1F. The molecule has 0 heterocycles. The molecule has 0 aliphatic rings. The van der Waals surface area contributed by atoms with Crippen LogP contribution in [0, 0.1) is 5.82 Å². The number of ether oxygens (including phenoxy) is 1. The number of likely N-dealkylation sites (N-methyl/N-ethyl adjacent to an activating group) is 1. The van der Waals surface area contributed by atoms with Gasteiger partial charge < -0.3 is 15.7 Å². The number of hydrogen-bond acceptors (Lipinski definition) is 4. The summed E-state index contributed by atoms with van der Waals surface area (Å²) in [5, 5.41) is 11.4. The van der Waals surface area contributed by atoms with Crippen molar-refractivity contribution in [1.82, 2.24) is 4.90 Å². The summed E-state index contributed by atoms with van der Waals surface area (Å²) < 4.78 is 19.1. The Morgan fingerprint density at radius 1 is 1.53 bits per heavy atom. The van der Waals surface area contributed by atoms with Gasteiger partial charge in [-0.05, 0) is 20.0 Å². The lowest BCUT2D eigenvalue weighted by Crippen LogP contribution is -2.23. The van der Waals surface area contributed by atoms with Crippen LogP contribution in [-0.4, -0.2) is 42.7 Å². The molecule has 0 aromatic heterocycles. The van der Waals surface area contributed by atoms with Crippen molar-refractivity contribution in [3.05, 3.63) is 35.1 Å². The van der Waals surface area contributed by atoms with E-state index in [0.29, 0.717) is 30.9 Å². The summed E-state index contributed by atoms with van der Waals surface area (Å²) in [6.45, 7) is 4.45. The van der Waals surface area contributed by atoms with E-state index in [1.54, 1.807) is 12.1 Å². The van der Waals surface area contributed by atoms with Gasteiger partial charge in [0.05, 0.1) is 6.61 Å². The second-order valence-corrected chi connectivity index (χ2v) is 4.23. The molecule has 1 aromatic carbocycles. The normalized spacial score (nSPS) is 12.1. The van der Waals surface area contributed by atoms with Crippen LogP contribution in [0.4, 0.5) is 4.39 Å². The molecule has 0 atom stereocenters. The molecule has 0 amide bonds. The molecule has 0 bridgehead atoms. The fraction of sp³-hybridized carbons (Fsp3) is 0.462. The molecule has 19 heavy (non-hydrogen) atoms. The van der Waals surface area contributed by atoms with Crippen molar-refractivity contribution in [3.63, 3.8) is 0 Å². The average molecular weight is 269 g/mol. The summed E-state index contributed by atoms with van der Waals surface area (Å²) >= 11 is 0. The van der Waals surface area contributed by atoms with Gasteiger partial charge in [0, 0.05) is 30.8 Å². The third-order valence-electron chi connectivity index (χ3n) is 2.72. The van der Waals surface area contributed by atoms with Crippen LogP contribution in [0.15, 0.2) is 23.4 Å². The minimum atomic E-state index is -0.368. The Kier molecular flexibility index (Phi) is 6.24. The first-order chi connectivity index (χ1) is 9.08. The quantitative estimate of drug-likeness (QED) is 0.258. The van der Waals surface area contributed by atoms with Gasteiger partial charge in [-0.2, -0.15) is 0 Å². The highest BCUT2D eigenvalue weighted by atomic mass is 19.1. The van der Waals surface area contributed by atoms with Crippen molar-refractivity contribution in [2.45, 2.75) is 13.5 Å². The lowest BCUT2D eigenvalue weighted by atomic mass is 10.1. The largest absolute Gasteiger partial charge is 0.409 e. The Bertz CT molecular complexity index is 438. The molecular weight excluding hydrogens is 249 g/mol. The number of oxime groups is 1. The van der Waals surface area contributed by atoms with Crippen molar-refractivity contribution in [2.24, 2.45) is 10.9 Å². The zero-order valence-electron chi connectivity index (χ0n) is 11.3. The number of rotatable bonds is 7. The number of halogens is 1. The molecule has 0 radical (unpaired) electrons. The van der Waals surface area contributed by atoms with Crippen LogP contribution < -0.4 is 5.73 Å². The smallest absolute Gasteiger partial charge is 0.170 e. The summed E-state index contributed by atoms with van der Waals surface area (Å²) in [4.78, 5) is 1.97. The van der Waals surface area contributed by atoms with Crippen molar-refractivity contribution < 1.29 is 14.3 Å². The van der Waals surface area contributed by atoms with Gasteiger partial charge in [0.1, 0.15) is 5.82 Å². The van der Waals surface area contributed by atoms with Crippen molar-refractivity contribution in [3.8, 4) is 0 Å². The predicted octanol–water partition coefficient (Wildman–Crippen LogP) is 1.39. The van der Waals surface area contributed by atoms with Crippen molar-refractivity contribution in [1.29, 1.82) is 0 Å². The fourth-order valence-corrected chi connectivity index (χ4v) is 1.63. The van der Waals surface area contributed by atoms with E-state index < -0.39 is 0 Å². The number of hydrogen-bond donors (Lipinski definition) is 2. The van der Waals surface area contributed by atoms with E-state index >= 15 is 0 Å². The molecule has 106 valence electrons. The van der Waals surface area contributed by atoms with E-state index in [4.69, 9.17) is 15.7 Å². The fourth-order valence-electron chi connectivity index (χ4n) is 1.63. The summed E-state index contributed by atoms with van der Waals surface area (Å²) in [7, 11) is 1.90. The molecule has 0 aliphatic heterocycles. The molecule has 0 spiro atoms. The summed E-state index contributed by atoms with van der Waals surface area (Å²) in [6, 6.07) is 4.53. The minimum absolute atomic E-state index is 0.102. The van der Waals surface area contributed by atoms with Crippen LogP contribution in [-0.2, 0) is 11.3 Å². The summed E-state index contributed by atoms with van der Waals surface area (Å²) in [5.74, 6) is -0.470. The van der Waals surface area contributed by atoms with E-state index in [2.05, 4.69) is 5.16 Å². The van der Waals surface area contributed by atoms with Gasteiger partial charge in [-0.3, -0.25) is 4.90 Å². The van der Waals surface area contributed by atoms with E-state index in [-0.39, 0.29) is 11.7 Å². The minimum Gasteiger partial charge on any atom is -0.409 e. The second-order valence-electron chi connectivity index (χ2n) is 4.23. The van der Waals surface area contributed by atoms with Crippen LogP contribution in [0.1, 0.15) is 18.1 Å². The summed E-state index contributed by atoms with van der Waals surface area (Å²) in [6.07, 6.45) is 0. The molecule has 1 aromatic rings. The number of nitrogens with two attached hydrogens (primary N) is 1. The van der Waals surface area contributed by atoms with E-state index in [1.807, 2.05) is 18.9 Å². The van der Waals surface area contributed by atoms with Gasteiger partial charge in [-0.15, -0.1) is 0 Å². The number of nitrogens with zero attached hydrogens (tertiary/aromatic N) is 2. The van der Waals surface area contributed by atoms with Gasteiger partial charge in [0.15, 0.2) is 5.84 Å². The molecule has 0 fully saturated rings. The van der Waals surface area contributed by atoms with E-state index in [0.717, 1.165) is 6.54 Å². The van der Waals surface area contributed by atoms with Crippen molar-refractivity contribution >= 4 is 5.84 Å². The van der Waals surface area contributed by atoms with Crippen molar-refractivity contribution in [2.75, 3.05) is 26.8 Å². The van der Waals surface area contributed by atoms with Gasteiger partial charge in [0.2, 0.25) is 0 Å². The van der Waals surface area contributed by atoms with Gasteiger partial charge in [0.25, 0.3) is 0 Å². The van der Waals surface area contributed by atoms with Gasteiger partial charge in [-0.25, -0.2) is 4.39 Å². The molecule has 5 nitrogen and oxygen atoms in total. The maximum atomic E-state index is 13.8. The highest BCUT2D eigenvalue weighted by molar-refractivity contribution is 5.97. The number of amidine groups is 1. The highest BCUT2D eigenvalue weighted by Crippen LogP contribution is 2.12. The third kappa shape index (κ3) is 4.84.